The summed E-state index contributed by atoms with van der Waals surface area (Å²) in [4.78, 5) is 23.0. The number of ether oxygens (including phenoxy) is 3. The molecule has 1 aromatic rings. The molecule has 0 aromatic heterocycles. The topological polar surface area (TPSA) is 98.2 Å². The van der Waals surface area contributed by atoms with Crippen molar-refractivity contribution >= 4 is 18.0 Å². The predicted molar refractivity (Wildman–Crippen MR) is 94.0 cm³/mol. The molecular weight excluding hydrogens is 326 g/mol. The predicted octanol–water partition coefficient (Wildman–Crippen LogP) is 1.09. The average Bonchev–Trinajstić information content (AvgIpc) is 2.61. The van der Waals surface area contributed by atoms with Crippen molar-refractivity contribution in [3.63, 3.8) is 0 Å². The number of benzene rings is 1. The molecule has 0 saturated heterocycles. The molecule has 8 nitrogen and oxygen atoms in total. The van der Waals surface area contributed by atoms with E-state index in [0.29, 0.717) is 36.9 Å². The van der Waals surface area contributed by atoms with Gasteiger partial charge in [-0.15, -0.1) is 0 Å². The summed E-state index contributed by atoms with van der Waals surface area (Å²) < 4.78 is 15.9. The van der Waals surface area contributed by atoms with E-state index in [2.05, 4.69) is 15.8 Å². The van der Waals surface area contributed by atoms with Crippen LogP contribution in [-0.4, -0.2) is 51.5 Å². The van der Waals surface area contributed by atoms with Crippen LogP contribution in [0.25, 0.3) is 0 Å². The second-order valence-corrected chi connectivity index (χ2v) is 4.94. The SMILES string of the molecule is CCCOc1ccc(C=NNC(=O)C(=O)NCCOC)cc1OCC. The molecule has 138 valence electrons. The Morgan fingerprint density at radius 1 is 1.12 bits per heavy atom. The number of nitrogens with zero attached hydrogens (tertiary/aromatic N) is 1. The molecule has 0 heterocycles. The Bertz CT molecular complexity index is 590. The zero-order valence-electron chi connectivity index (χ0n) is 14.8. The standard InChI is InChI=1S/C17H25N3O5/c1-4-9-25-14-7-6-13(11-15(14)24-5-2)12-19-20-17(22)16(21)18-8-10-23-3/h6-7,11-12H,4-5,8-10H2,1-3H3,(H,18,21)(H,20,22). The molecule has 2 amide bonds. The van der Waals surface area contributed by atoms with Gasteiger partial charge < -0.3 is 19.5 Å². The van der Waals surface area contributed by atoms with Gasteiger partial charge in [-0.1, -0.05) is 6.92 Å². The van der Waals surface area contributed by atoms with Gasteiger partial charge in [0.15, 0.2) is 11.5 Å². The van der Waals surface area contributed by atoms with Crippen LogP contribution in [0.2, 0.25) is 0 Å². The van der Waals surface area contributed by atoms with Gasteiger partial charge >= 0.3 is 11.8 Å². The number of carbonyl (C=O) groups is 2. The fourth-order valence-electron chi connectivity index (χ4n) is 1.77. The Kier molecular flexibility index (Phi) is 9.69. The number of hydrogen-bond acceptors (Lipinski definition) is 6. The zero-order chi connectivity index (χ0) is 18.5. The lowest BCUT2D eigenvalue weighted by molar-refractivity contribution is -0.139. The molecule has 0 radical (unpaired) electrons. The van der Waals surface area contributed by atoms with Gasteiger partial charge in [-0.3, -0.25) is 9.59 Å². The maximum absolute atomic E-state index is 11.5. The molecule has 0 spiro atoms. The molecule has 1 aromatic carbocycles. The van der Waals surface area contributed by atoms with Crippen LogP contribution in [0.15, 0.2) is 23.3 Å². The number of amides is 2. The van der Waals surface area contributed by atoms with Crippen molar-refractivity contribution in [1.29, 1.82) is 0 Å². The average molecular weight is 351 g/mol. The van der Waals surface area contributed by atoms with Crippen molar-refractivity contribution in [2.24, 2.45) is 5.10 Å². The van der Waals surface area contributed by atoms with Gasteiger partial charge in [-0.25, -0.2) is 5.43 Å². The second kappa shape index (κ2) is 11.9. The van der Waals surface area contributed by atoms with Crippen molar-refractivity contribution < 1.29 is 23.8 Å². The molecule has 0 unspecified atom stereocenters. The lowest BCUT2D eigenvalue weighted by atomic mass is 10.2. The number of hydrogen-bond donors (Lipinski definition) is 2. The summed E-state index contributed by atoms with van der Waals surface area (Å²) >= 11 is 0. The third kappa shape index (κ3) is 7.67. The maximum atomic E-state index is 11.5. The molecule has 0 bridgehead atoms. The Balaban J connectivity index is 2.62. The highest BCUT2D eigenvalue weighted by Crippen LogP contribution is 2.28. The Morgan fingerprint density at radius 3 is 2.60 bits per heavy atom. The van der Waals surface area contributed by atoms with Crippen LogP contribution in [0, 0.1) is 0 Å². The fraction of sp³-hybridized carbons (Fsp3) is 0.471. The molecule has 0 aliphatic heterocycles. The van der Waals surface area contributed by atoms with E-state index in [0.717, 1.165) is 6.42 Å². The minimum absolute atomic E-state index is 0.253. The highest BCUT2D eigenvalue weighted by molar-refractivity contribution is 6.35. The molecule has 0 atom stereocenters. The van der Waals surface area contributed by atoms with Crippen molar-refractivity contribution in [3.8, 4) is 11.5 Å². The summed E-state index contributed by atoms with van der Waals surface area (Å²) in [5.74, 6) is -0.362. The first-order chi connectivity index (χ1) is 12.1. The van der Waals surface area contributed by atoms with E-state index in [-0.39, 0.29) is 6.54 Å². The number of methoxy groups -OCH3 is 1. The lowest BCUT2D eigenvalue weighted by Gasteiger charge is -2.11. The van der Waals surface area contributed by atoms with Gasteiger partial charge in [0.05, 0.1) is 26.0 Å². The van der Waals surface area contributed by atoms with Crippen LogP contribution in [0.5, 0.6) is 11.5 Å². The van der Waals surface area contributed by atoms with Crippen molar-refractivity contribution in [3.05, 3.63) is 23.8 Å². The number of hydrazone groups is 1. The normalized spacial score (nSPS) is 10.5. The van der Waals surface area contributed by atoms with Gasteiger partial charge in [0, 0.05) is 13.7 Å². The van der Waals surface area contributed by atoms with E-state index < -0.39 is 11.8 Å². The highest BCUT2D eigenvalue weighted by atomic mass is 16.5. The molecule has 0 aliphatic carbocycles. The van der Waals surface area contributed by atoms with Gasteiger partial charge in [0.2, 0.25) is 0 Å². The number of rotatable bonds is 10. The molecular formula is C17H25N3O5. The Morgan fingerprint density at radius 2 is 1.92 bits per heavy atom. The molecule has 2 N–H and O–H groups in total. The molecule has 0 aliphatic rings. The summed E-state index contributed by atoms with van der Waals surface area (Å²) in [5, 5.41) is 6.17. The summed E-state index contributed by atoms with van der Waals surface area (Å²) in [6.45, 7) is 5.59. The first-order valence-corrected chi connectivity index (χ1v) is 8.12. The smallest absolute Gasteiger partial charge is 0.329 e. The van der Waals surface area contributed by atoms with Crippen LogP contribution in [-0.2, 0) is 14.3 Å². The first kappa shape index (κ1) is 20.4. The van der Waals surface area contributed by atoms with Crippen LogP contribution < -0.4 is 20.2 Å². The number of carbonyl (C=O) groups excluding carboxylic acids is 2. The van der Waals surface area contributed by atoms with Gasteiger partial charge in [0.1, 0.15) is 0 Å². The Hall–Kier alpha value is -2.61. The summed E-state index contributed by atoms with van der Waals surface area (Å²) in [6, 6.07) is 5.31. The molecule has 0 saturated carbocycles. The fourth-order valence-corrected chi connectivity index (χ4v) is 1.77. The monoisotopic (exact) mass is 351 g/mol. The maximum Gasteiger partial charge on any atom is 0.329 e. The van der Waals surface area contributed by atoms with Crippen LogP contribution in [0.3, 0.4) is 0 Å². The summed E-state index contributed by atoms with van der Waals surface area (Å²) in [5.41, 5.74) is 2.87. The van der Waals surface area contributed by atoms with E-state index in [1.807, 2.05) is 13.8 Å². The first-order valence-electron chi connectivity index (χ1n) is 8.12. The van der Waals surface area contributed by atoms with E-state index >= 15 is 0 Å². The minimum Gasteiger partial charge on any atom is -0.490 e. The second-order valence-electron chi connectivity index (χ2n) is 4.94. The minimum atomic E-state index is -0.847. The van der Waals surface area contributed by atoms with E-state index in [1.54, 1.807) is 18.2 Å². The highest BCUT2D eigenvalue weighted by Gasteiger charge is 2.11. The van der Waals surface area contributed by atoms with Gasteiger partial charge in [-0.05, 0) is 37.1 Å². The van der Waals surface area contributed by atoms with Gasteiger partial charge in [-0.2, -0.15) is 5.10 Å². The summed E-state index contributed by atoms with van der Waals surface area (Å²) in [7, 11) is 1.51. The van der Waals surface area contributed by atoms with Crippen LogP contribution >= 0.6 is 0 Å². The van der Waals surface area contributed by atoms with Gasteiger partial charge in [0.25, 0.3) is 0 Å². The molecule has 1 rings (SSSR count). The van der Waals surface area contributed by atoms with Crippen LogP contribution in [0.4, 0.5) is 0 Å². The van der Waals surface area contributed by atoms with E-state index in [1.165, 1.54) is 13.3 Å². The molecule has 0 fully saturated rings. The molecule has 25 heavy (non-hydrogen) atoms. The van der Waals surface area contributed by atoms with Crippen molar-refractivity contribution in [2.45, 2.75) is 20.3 Å². The van der Waals surface area contributed by atoms with E-state index in [4.69, 9.17) is 14.2 Å². The van der Waals surface area contributed by atoms with Crippen molar-refractivity contribution in [1.82, 2.24) is 10.7 Å². The molecule has 8 heteroatoms. The largest absolute Gasteiger partial charge is 0.490 e. The van der Waals surface area contributed by atoms with Crippen molar-refractivity contribution in [2.75, 3.05) is 33.5 Å². The lowest BCUT2D eigenvalue weighted by Crippen LogP contribution is -2.39. The summed E-state index contributed by atoms with van der Waals surface area (Å²) in [6.07, 6.45) is 2.32. The van der Waals surface area contributed by atoms with Crippen LogP contribution in [0.1, 0.15) is 25.8 Å². The third-order valence-corrected chi connectivity index (χ3v) is 2.91. The zero-order valence-corrected chi connectivity index (χ0v) is 14.8. The Labute approximate surface area is 147 Å². The quantitative estimate of drug-likeness (QED) is 0.285. The number of nitrogens with one attached hydrogen (secondary N) is 2. The van der Waals surface area contributed by atoms with E-state index in [9.17, 15) is 9.59 Å². The third-order valence-electron chi connectivity index (χ3n) is 2.91.